The van der Waals surface area contributed by atoms with Crippen molar-refractivity contribution in [2.24, 2.45) is 0 Å². The summed E-state index contributed by atoms with van der Waals surface area (Å²) in [5.41, 5.74) is 3.70. The standard InChI is InChI=1S/C26H30N2O4S/c1-5-25(21-12-11-19(2)20(3)17-21)27-26(29)18-28(22-13-15-23(32-4)16-14-22)33(30,31)24-9-7-6-8-10-24/h6-17,25H,5,18H2,1-4H3,(H,27,29). The maximum Gasteiger partial charge on any atom is 0.264 e. The van der Waals surface area contributed by atoms with Gasteiger partial charge in [0.05, 0.1) is 23.7 Å². The Hall–Kier alpha value is -3.32. The average Bonchev–Trinajstić information content (AvgIpc) is 2.83. The van der Waals surface area contributed by atoms with Gasteiger partial charge in [-0.15, -0.1) is 0 Å². The van der Waals surface area contributed by atoms with Gasteiger partial charge in [-0.3, -0.25) is 9.10 Å². The first-order chi connectivity index (χ1) is 15.8. The molecule has 0 saturated heterocycles. The van der Waals surface area contributed by atoms with E-state index in [1.807, 2.05) is 32.9 Å². The van der Waals surface area contributed by atoms with Gasteiger partial charge in [0.2, 0.25) is 5.91 Å². The molecule has 0 aliphatic heterocycles. The third-order valence-electron chi connectivity index (χ3n) is 5.66. The fourth-order valence-electron chi connectivity index (χ4n) is 3.56. The maximum absolute atomic E-state index is 13.4. The first kappa shape index (κ1) is 24.3. The third-order valence-corrected chi connectivity index (χ3v) is 7.44. The van der Waals surface area contributed by atoms with Crippen LogP contribution in [0.3, 0.4) is 0 Å². The van der Waals surface area contributed by atoms with Gasteiger partial charge in [0.1, 0.15) is 12.3 Å². The number of rotatable bonds is 9. The van der Waals surface area contributed by atoms with E-state index in [2.05, 4.69) is 11.4 Å². The number of carbonyl (C=O) groups is 1. The molecule has 1 amide bonds. The van der Waals surface area contributed by atoms with Crippen LogP contribution in [0.2, 0.25) is 0 Å². The zero-order valence-corrected chi connectivity index (χ0v) is 20.2. The normalized spacial score (nSPS) is 12.1. The summed E-state index contributed by atoms with van der Waals surface area (Å²) in [5.74, 6) is 0.219. The molecule has 1 unspecified atom stereocenters. The molecule has 0 aromatic heterocycles. The Bertz CT molecular complexity index is 1190. The number of amides is 1. The van der Waals surface area contributed by atoms with Crippen molar-refractivity contribution in [1.82, 2.24) is 5.32 Å². The second-order valence-electron chi connectivity index (χ2n) is 7.89. The van der Waals surface area contributed by atoms with E-state index in [0.29, 0.717) is 17.9 Å². The molecule has 0 saturated carbocycles. The van der Waals surface area contributed by atoms with Gasteiger partial charge < -0.3 is 10.1 Å². The van der Waals surface area contributed by atoms with Gasteiger partial charge in [-0.1, -0.05) is 43.3 Å². The number of sulfonamides is 1. The van der Waals surface area contributed by atoms with Crippen LogP contribution in [0.15, 0.2) is 77.7 Å². The van der Waals surface area contributed by atoms with Crippen molar-refractivity contribution in [2.45, 2.75) is 38.1 Å². The van der Waals surface area contributed by atoms with Crippen LogP contribution in [0.5, 0.6) is 5.75 Å². The summed E-state index contributed by atoms with van der Waals surface area (Å²) < 4.78 is 33.2. The molecule has 174 valence electrons. The van der Waals surface area contributed by atoms with Crippen LogP contribution >= 0.6 is 0 Å². The Morgan fingerprint density at radius 3 is 2.21 bits per heavy atom. The summed E-state index contributed by atoms with van der Waals surface area (Å²) >= 11 is 0. The number of ether oxygens (including phenoxy) is 1. The zero-order chi connectivity index (χ0) is 24.0. The van der Waals surface area contributed by atoms with E-state index in [-0.39, 0.29) is 23.4 Å². The zero-order valence-electron chi connectivity index (χ0n) is 19.4. The lowest BCUT2D eigenvalue weighted by Crippen LogP contribution is -2.42. The van der Waals surface area contributed by atoms with Gasteiger partial charge in [0, 0.05) is 0 Å². The monoisotopic (exact) mass is 466 g/mol. The minimum absolute atomic E-state index is 0.120. The number of carbonyl (C=O) groups excluding carboxylic acids is 1. The van der Waals surface area contributed by atoms with E-state index in [1.165, 1.54) is 17.7 Å². The Balaban J connectivity index is 1.90. The highest BCUT2D eigenvalue weighted by Crippen LogP contribution is 2.26. The SMILES string of the molecule is CCC(NC(=O)CN(c1ccc(OC)cc1)S(=O)(=O)c1ccccc1)c1ccc(C)c(C)c1. The Labute approximate surface area is 196 Å². The minimum Gasteiger partial charge on any atom is -0.497 e. The molecule has 6 nitrogen and oxygen atoms in total. The van der Waals surface area contributed by atoms with E-state index in [1.54, 1.807) is 49.6 Å². The number of methoxy groups -OCH3 is 1. The molecule has 0 aliphatic carbocycles. The molecule has 1 atom stereocenters. The summed E-state index contributed by atoms with van der Waals surface area (Å²) in [6.45, 7) is 5.72. The smallest absolute Gasteiger partial charge is 0.264 e. The molecular formula is C26H30N2O4S. The van der Waals surface area contributed by atoms with Crippen molar-refractivity contribution in [2.75, 3.05) is 18.0 Å². The molecule has 0 spiro atoms. The Morgan fingerprint density at radius 2 is 1.64 bits per heavy atom. The topological polar surface area (TPSA) is 75.7 Å². The lowest BCUT2D eigenvalue weighted by atomic mass is 9.99. The first-order valence-corrected chi connectivity index (χ1v) is 12.3. The molecule has 0 aliphatic rings. The van der Waals surface area contributed by atoms with Crippen molar-refractivity contribution in [1.29, 1.82) is 0 Å². The highest BCUT2D eigenvalue weighted by Gasteiger charge is 2.28. The van der Waals surface area contributed by atoms with Gasteiger partial charge >= 0.3 is 0 Å². The molecule has 1 N–H and O–H groups in total. The molecule has 0 fully saturated rings. The van der Waals surface area contributed by atoms with Crippen molar-refractivity contribution >= 4 is 21.6 Å². The van der Waals surface area contributed by atoms with Gasteiger partial charge in [-0.05, 0) is 73.4 Å². The number of nitrogens with zero attached hydrogens (tertiary/aromatic N) is 1. The quantitative estimate of drug-likeness (QED) is 0.493. The van der Waals surface area contributed by atoms with Crippen LogP contribution < -0.4 is 14.4 Å². The molecule has 33 heavy (non-hydrogen) atoms. The highest BCUT2D eigenvalue weighted by atomic mass is 32.2. The van der Waals surface area contributed by atoms with Crippen LogP contribution in [-0.4, -0.2) is 28.0 Å². The molecule has 0 bridgehead atoms. The highest BCUT2D eigenvalue weighted by molar-refractivity contribution is 7.92. The summed E-state index contributed by atoms with van der Waals surface area (Å²) in [7, 11) is -2.42. The Kier molecular flexibility index (Phi) is 7.76. The second-order valence-corrected chi connectivity index (χ2v) is 9.76. The summed E-state index contributed by atoms with van der Waals surface area (Å²) in [5, 5.41) is 3.01. The van der Waals surface area contributed by atoms with Crippen molar-refractivity contribution in [3.8, 4) is 5.75 Å². The number of aryl methyl sites for hydroxylation is 2. The van der Waals surface area contributed by atoms with Crippen LogP contribution in [0, 0.1) is 13.8 Å². The summed E-state index contributed by atoms with van der Waals surface area (Å²) in [6, 6.07) is 20.6. The number of anilines is 1. The van der Waals surface area contributed by atoms with E-state index in [9.17, 15) is 13.2 Å². The Morgan fingerprint density at radius 1 is 0.970 bits per heavy atom. The van der Waals surface area contributed by atoms with Crippen LogP contribution in [0.1, 0.15) is 36.1 Å². The second kappa shape index (κ2) is 10.5. The van der Waals surface area contributed by atoms with Crippen LogP contribution in [0.25, 0.3) is 0 Å². The van der Waals surface area contributed by atoms with E-state index < -0.39 is 10.0 Å². The van der Waals surface area contributed by atoms with Crippen LogP contribution in [-0.2, 0) is 14.8 Å². The van der Waals surface area contributed by atoms with Gasteiger partial charge in [0.25, 0.3) is 10.0 Å². The maximum atomic E-state index is 13.4. The fraction of sp³-hybridized carbons (Fsp3) is 0.269. The molecule has 3 rings (SSSR count). The predicted octanol–water partition coefficient (Wildman–Crippen LogP) is 4.77. The third kappa shape index (κ3) is 5.73. The fourth-order valence-corrected chi connectivity index (χ4v) is 5.00. The van der Waals surface area contributed by atoms with Gasteiger partial charge in [-0.25, -0.2) is 8.42 Å². The molecule has 7 heteroatoms. The van der Waals surface area contributed by atoms with Crippen molar-refractivity contribution < 1.29 is 17.9 Å². The van der Waals surface area contributed by atoms with Crippen molar-refractivity contribution in [3.05, 3.63) is 89.5 Å². The molecular weight excluding hydrogens is 436 g/mol. The molecule has 3 aromatic rings. The van der Waals surface area contributed by atoms with E-state index in [4.69, 9.17) is 4.74 Å². The molecule has 0 radical (unpaired) electrons. The number of hydrogen-bond acceptors (Lipinski definition) is 4. The van der Waals surface area contributed by atoms with Crippen molar-refractivity contribution in [3.63, 3.8) is 0 Å². The number of hydrogen-bond donors (Lipinski definition) is 1. The lowest BCUT2D eigenvalue weighted by molar-refractivity contribution is -0.120. The van der Waals surface area contributed by atoms with E-state index >= 15 is 0 Å². The lowest BCUT2D eigenvalue weighted by Gasteiger charge is -2.26. The minimum atomic E-state index is -3.96. The number of benzene rings is 3. The summed E-state index contributed by atoms with van der Waals surface area (Å²) in [6.07, 6.45) is 0.683. The molecule has 3 aromatic carbocycles. The average molecular weight is 467 g/mol. The first-order valence-electron chi connectivity index (χ1n) is 10.8. The van der Waals surface area contributed by atoms with Crippen LogP contribution in [0.4, 0.5) is 5.69 Å². The van der Waals surface area contributed by atoms with Gasteiger partial charge in [-0.2, -0.15) is 0 Å². The largest absolute Gasteiger partial charge is 0.497 e. The molecule has 0 heterocycles. The predicted molar refractivity (Wildman–Crippen MR) is 131 cm³/mol. The number of nitrogens with one attached hydrogen (secondary N) is 1. The van der Waals surface area contributed by atoms with E-state index in [0.717, 1.165) is 15.4 Å². The van der Waals surface area contributed by atoms with Gasteiger partial charge in [0.15, 0.2) is 0 Å². The summed E-state index contributed by atoms with van der Waals surface area (Å²) in [4.78, 5) is 13.2.